The Morgan fingerprint density at radius 3 is 2.76 bits per heavy atom. The van der Waals surface area contributed by atoms with Gasteiger partial charge in [0.1, 0.15) is 18.3 Å². The van der Waals surface area contributed by atoms with Crippen molar-refractivity contribution in [3.05, 3.63) is 46.5 Å². The first kappa shape index (κ1) is 21.9. The van der Waals surface area contributed by atoms with Crippen molar-refractivity contribution in [3.8, 4) is 6.01 Å². The summed E-state index contributed by atoms with van der Waals surface area (Å²) in [4.78, 5) is 23.7. The number of rotatable bonds is 4. The number of aromatic nitrogens is 3. The molecule has 13 heteroatoms. The first-order valence-corrected chi connectivity index (χ1v) is 10.2. The number of halogens is 4. The second-order valence-corrected chi connectivity index (χ2v) is 7.96. The maximum Gasteiger partial charge on any atom is 0.417 e. The van der Waals surface area contributed by atoms with Crippen LogP contribution in [0, 0.1) is 0 Å². The molecule has 2 aliphatic heterocycles. The van der Waals surface area contributed by atoms with Crippen molar-refractivity contribution >= 4 is 34.5 Å². The van der Waals surface area contributed by atoms with Gasteiger partial charge in [-0.15, -0.1) is 0 Å². The minimum Gasteiger partial charge on any atom is -0.456 e. The van der Waals surface area contributed by atoms with Crippen LogP contribution in [0.3, 0.4) is 0 Å². The lowest BCUT2D eigenvalue weighted by atomic mass is 10.1. The molecule has 5 rings (SSSR count). The molecule has 0 spiro atoms. The van der Waals surface area contributed by atoms with E-state index in [9.17, 15) is 23.1 Å². The fourth-order valence-electron chi connectivity index (χ4n) is 3.83. The predicted octanol–water partition coefficient (Wildman–Crippen LogP) is 2.79. The van der Waals surface area contributed by atoms with E-state index >= 15 is 0 Å². The largest absolute Gasteiger partial charge is 0.456 e. The molecule has 2 saturated heterocycles. The highest BCUT2D eigenvalue weighted by Gasteiger charge is 2.48. The summed E-state index contributed by atoms with van der Waals surface area (Å²) in [6.07, 6.45) is -6.87. The van der Waals surface area contributed by atoms with Crippen LogP contribution in [-0.4, -0.2) is 63.6 Å². The summed E-state index contributed by atoms with van der Waals surface area (Å²) in [5.41, 5.74) is -1.14. The Morgan fingerprint density at radius 2 is 1.97 bits per heavy atom. The van der Waals surface area contributed by atoms with Gasteiger partial charge in [0.05, 0.1) is 34.9 Å². The summed E-state index contributed by atoms with van der Waals surface area (Å²) < 4.78 is 56.5. The monoisotopic (exact) mass is 484 g/mol. The summed E-state index contributed by atoms with van der Waals surface area (Å²) in [6, 6.07) is 5.89. The minimum atomic E-state index is -4.70. The number of aromatic amines is 1. The Kier molecular flexibility index (Phi) is 5.40. The quantitative estimate of drug-likeness (QED) is 0.521. The predicted molar refractivity (Wildman–Crippen MR) is 108 cm³/mol. The number of pyridine rings is 1. The van der Waals surface area contributed by atoms with Crippen LogP contribution in [0.1, 0.15) is 15.9 Å². The van der Waals surface area contributed by atoms with Gasteiger partial charge in [-0.3, -0.25) is 4.79 Å². The smallest absolute Gasteiger partial charge is 0.417 e. The number of alkyl halides is 3. The zero-order valence-electron chi connectivity index (χ0n) is 16.6. The van der Waals surface area contributed by atoms with Crippen LogP contribution in [-0.2, 0) is 15.7 Å². The number of carbonyl (C=O) groups excluding carboxylic acids is 1. The first-order valence-electron chi connectivity index (χ1n) is 9.82. The number of fused-ring (bicyclic) bond motifs is 2. The number of aliphatic hydroxyl groups is 1. The highest BCUT2D eigenvalue weighted by atomic mass is 35.5. The van der Waals surface area contributed by atoms with E-state index in [0.29, 0.717) is 5.52 Å². The number of aliphatic hydroxyl groups excluding tert-OH is 1. The van der Waals surface area contributed by atoms with Gasteiger partial charge >= 0.3 is 6.18 Å². The number of ether oxygens (including phenoxy) is 3. The van der Waals surface area contributed by atoms with Crippen molar-refractivity contribution in [1.82, 2.24) is 15.0 Å². The molecule has 1 amide bonds. The molecule has 3 N–H and O–H groups in total. The maximum atomic E-state index is 13.2. The van der Waals surface area contributed by atoms with Gasteiger partial charge in [-0.2, -0.15) is 18.2 Å². The molecule has 1 aromatic carbocycles. The third-order valence-electron chi connectivity index (χ3n) is 5.36. The molecule has 33 heavy (non-hydrogen) atoms. The normalized spacial score (nSPS) is 24.8. The van der Waals surface area contributed by atoms with Crippen LogP contribution in [0.25, 0.3) is 11.2 Å². The molecule has 174 valence electrons. The average molecular weight is 485 g/mol. The van der Waals surface area contributed by atoms with Crippen LogP contribution in [0.4, 0.5) is 19.0 Å². The molecule has 4 atom stereocenters. The van der Waals surface area contributed by atoms with Crippen LogP contribution in [0.2, 0.25) is 5.02 Å². The molecule has 2 aromatic heterocycles. The SMILES string of the molecule is O=C(Nc1nc2nc(O[C@@H]3CO[C@H]4[C@@H]3OC[C@H]4O)[nH]c2cc1Cl)c1ccccc1C(F)(F)F. The van der Waals surface area contributed by atoms with Crippen LogP contribution < -0.4 is 10.1 Å². The Hall–Kier alpha value is -2.93. The fraction of sp³-hybridized carbons (Fsp3) is 0.350. The van der Waals surface area contributed by atoms with E-state index in [4.69, 9.17) is 25.8 Å². The molecule has 0 radical (unpaired) electrons. The summed E-state index contributed by atoms with van der Waals surface area (Å²) >= 11 is 6.18. The van der Waals surface area contributed by atoms with E-state index in [-0.39, 0.29) is 35.7 Å². The van der Waals surface area contributed by atoms with Gasteiger partial charge in [0.2, 0.25) is 0 Å². The summed E-state index contributed by atoms with van der Waals surface area (Å²) in [6.45, 7) is 0.338. The lowest BCUT2D eigenvalue weighted by Crippen LogP contribution is -2.34. The lowest BCUT2D eigenvalue weighted by molar-refractivity contribution is -0.137. The zero-order valence-corrected chi connectivity index (χ0v) is 17.4. The molecule has 0 saturated carbocycles. The van der Waals surface area contributed by atoms with E-state index in [0.717, 1.165) is 12.1 Å². The minimum absolute atomic E-state index is 0.0120. The topological polar surface area (TPSA) is 119 Å². The molecular formula is C20H16ClF3N4O5. The van der Waals surface area contributed by atoms with Gasteiger partial charge in [0.15, 0.2) is 17.6 Å². The molecule has 0 unspecified atom stereocenters. The number of amides is 1. The first-order chi connectivity index (χ1) is 15.7. The van der Waals surface area contributed by atoms with Crippen LogP contribution >= 0.6 is 11.6 Å². The van der Waals surface area contributed by atoms with Crippen molar-refractivity contribution in [3.63, 3.8) is 0 Å². The van der Waals surface area contributed by atoms with Gasteiger partial charge in [0.25, 0.3) is 11.9 Å². The number of hydrogen-bond acceptors (Lipinski definition) is 7. The zero-order chi connectivity index (χ0) is 23.3. The molecular weight excluding hydrogens is 469 g/mol. The molecule has 4 heterocycles. The highest BCUT2D eigenvalue weighted by molar-refractivity contribution is 6.34. The maximum absolute atomic E-state index is 13.2. The molecule has 3 aromatic rings. The Morgan fingerprint density at radius 1 is 1.21 bits per heavy atom. The van der Waals surface area contributed by atoms with Crippen LogP contribution in [0.15, 0.2) is 30.3 Å². The van der Waals surface area contributed by atoms with Crippen molar-refractivity contribution in [1.29, 1.82) is 0 Å². The van der Waals surface area contributed by atoms with Gasteiger partial charge in [0, 0.05) is 0 Å². The number of benzene rings is 1. The Balaban J connectivity index is 1.36. The second-order valence-electron chi connectivity index (χ2n) is 7.55. The highest BCUT2D eigenvalue weighted by Crippen LogP contribution is 2.33. The summed E-state index contributed by atoms with van der Waals surface area (Å²) in [5, 5.41) is 12.1. The molecule has 0 bridgehead atoms. The summed E-state index contributed by atoms with van der Waals surface area (Å²) in [5.74, 6) is -1.18. The number of carbonyl (C=O) groups is 1. The van der Waals surface area contributed by atoms with E-state index in [2.05, 4.69) is 20.3 Å². The van der Waals surface area contributed by atoms with E-state index in [1.54, 1.807) is 0 Å². The Bertz CT molecular complexity index is 1220. The number of anilines is 1. The molecule has 2 aliphatic rings. The number of H-pyrrole nitrogens is 1. The van der Waals surface area contributed by atoms with Gasteiger partial charge in [-0.1, -0.05) is 23.7 Å². The average Bonchev–Trinajstić information content (AvgIpc) is 3.45. The fourth-order valence-corrected chi connectivity index (χ4v) is 4.03. The number of nitrogens with one attached hydrogen (secondary N) is 2. The van der Waals surface area contributed by atoms with Gasteiger partial charge < -0.3 is 29.6 Å². The van der Waals surface area contributed by atoms with Gasteiger partial charge in [-0.25, -0.2) is 4.98 Å². The molecule has 9 nitrogen and oxygen atoms in total. The van der Waals surface area contributed by atoms with Gasteiger partial charge in [-0.05, 0) is 18.2 Å². The third kappa shape index (κ3) is 4.10. The van der Waals surface area contributed by atoms with E-state index in [1.165, 1.54) is 18.2 Å². The van der Waals surface area contributed by atoms with Crippen LogP contribution in [0.5, 0.6) is 6.01 Å². The second kappa shape index (κ2) is 8.13. The van der Waals surface area contributed by atoms with Crippen molar-refractivity contribution < 1.29 is 37.3 Å². The number of nitrogens with zero attached hydrogens (tertiary/aromatic N) is 2. The number of imidazole rings is 1. The summed E-state index contributed by atoms with van der Waals surface area (Å²) in [7, 11) is 0. The van der Waals surface area contributed by atoms with Crippen molar-refractivity contribution in [2.24, 2.45) is 0 Å². The van der Waals surface area contributed by atoms with E-state index < -0.39 is 47.6 Å². The Labute approximate surface area is 188 Å². The molecule has 2 fully saturated rings. The van der Waals surface area contributed by atoms with Crippen molar-refractivity contribution in [2.75, 3.05) is 18.5 Å². The lowest BCUT2D eigenvalue weighted by Gasteiger charge is -2.15. The standard InChI is InChI=1S/C20H16ClF3N4O5/c21-10-5-11-17(28-19(25-11)33-13-7-32-14-12(29)6-31-15(13)14)26-16(10)27-18(30)8-3-1-2-4-9(8)20(22,23)24/h1-5,12-15,29H,6-7H2,(H2,25,26,27,28,30)/t12-,13-,14-,15-/m1/s1. The van der Waals surface area contributed by atoms with E-state index in [1.807, 2.05) is 0 Å². The molecule has 0 aliphatic carbocycles. The third-order valence-corrected chi connectivity index (χ3v) is 5.65. The number of hydrogen-bond donors (Lipinski definition) is 3. The van der Waals surface area contributed by atoms with Crippen molar-refractivity contribution in [2.45, 2.75) is 30.6 Å².